The Hall–Kier alpha value is -3.46. The van der Waals surface area contributed by atoms with Gasteiger partial charge >= 0.3 is 6.09 Å². The van der Waals surface area contributed by atoms with E-state index in [1.165, 1.54) is 0 Å². The molecule has 6 aliphatic rings. The van der Waals surface area contributed by atoms with Crippen molar-refractivity contribution in [1.82, 2.24) is 42.1 Å². The van der Waals surface area contributed by atoms with Gasteiger partial charge in [0.1, 0.15) is 17.7 Å². The maximum Gasteiger partial charge on any atom is 0.422 e. The molecule has 47 heavy (non-hydrogen) atoms. The van der Waals surface area contributed by atoms with E-state index in [2.05, 4.69) is 32.1 Å². The summed E-state index contributed by atoms with van der Waals surface area (Å²) in [6, 6.07) is -1.48. The lowest BCUT2D eigenvalue weighted by Crippen LogP contribution is -2.66. The molecule has 6 amide bonds. The Balaban J connectivity index is 0.902. The van der Waals surface area contributed by atoms with Crippen molar-refractivity contribution in [3.05, 3.63) is 0 Å². The molecule has 4 aliphatic carbocycles. The molecule has 15 heteroatoms. The third kappa shape index (κ3) is 7.50. The topological polar surface area (TPSA) is 190 Å². The molecular formula is C32H50N8O7. The Morgan fingerprint density at radius 2 is 0.979 bits per heavy atom. The first-order chi connectivity index (χ1) is 22.4. The summed E-state index contributed by atoms with van der Waals surface area (Å²) in [4.78, 5) is 76.8. The Bertz CT molecular complexity index is 1270. The number of rotatable bonds is 11. The van der Waals surface area contributed by atoms with Crippen LogP contribution in [-0.4, -0.2) is 101 Å². The molecule has 6 rings (SSSR count). The van der Waals surface area contributed by atoms with Crippen LogP contribution in [0.3, 0.4) is 0 Å². The predicted molar refractivity (Wildman–Crippen MR) is 167 cm³/mol. The van der Waals surface area contributed by atoms with Gasteiger partial charge in [0, 0.05) is 37.3 Å². The summed E-state index contributed by atoms with van der Waals surface area (Å²) in [5.74, 6) is -1.88. The number of amides is 6. The van der Waals surface area contributed by atoms with Gasteiger partial charge in [0.05, 0.1) is 17.8 Å². The molecule has 0 spiro atoms. The molecule has 0 radical (unpaired) electrons. The minimum absolute atomic E-state index is 0.0361. The molecule has 0 aromatic heterocycles. The summed E-state index contributed by atoms with van der Waals surface area (Å²) in [5, 5.41) is 15.3. The first-order valence-corrected chi connectivity index (χ1v) is 17.4. The molecule has 15 nitrogen and oxygen atoms in total. The van der Waals surface area contributed by atoms with Crippen LogP contribution in [0.15, 0.2) is 0 Å². The van der Waals surface area contributed by atoms with Crippen molar-refractivity contribution in [2.24, 2.45) is 17.8 Å². The maximum atomic E-state index is 13.2. The number of ether oxygens (including phenoxy) is 1. The van der Waals surface area contributed by atoms with Gasteiger partial charge < -0.3 is 26.0 Å². The largest absolute Gasteiger partial charge is 0.443 e. The van der Waals surface area contributed by atoms with E-state index in [9.17, 15) is 28.8 Å². The van der Waals surface area contributed by atoms with E-state index in [1.807, 2.05) is 0 Å². The highest BCUT2D eigenvalue weighted by Crippen LogP contribution is 2.34. The molecule has 0 unspecified atom stereocenters. The molecule has 2 saturated heterocycles. The van der Waals surface area contributed by atoms with Crippen LogP contribution in [0.1, 0.15) is 91.4 Å². The Kier molecular flexibility index (Phi) is 9.66. The van der Waals surface area contributed by atoms with Crippen molar-refractivity contribution in [2.45, 2.75) is 133 Å². The molecule has 0 aromatic carbocycles. The smallest absolute Gasteiger partial charge is 0.422 e. The quantitative estimate of drug-likeness (QED) is 0.177. The van der Waals surface area contributed by atoms with Crippen LogP contribution in [-0.2, 0) is 28.7 Å². The molecule has 0 aromatic rings. The summed E-state index contributed by atoms with van der Waals surface area (Å²) < 4.78 is 5.27. The van der Waals surface area contributed by atoms with Crippen LogP contribution in [0.2, 0.25) is 0 Å². The fraction of sp³-hybridized carbons (Fsp3) is 0.812. The van der Waals surface area contributed by atoms with Crippen molar-refractivity contribution < 1.29 is 33.5 Å². The standard InChI is InChI=1S/C32H50N8O7/c1-32(2,3)47-31(46)38-40-16-14-25(40)30(45)36-22-11-8-19(22)27(42)34-21-10-7-18(21)26(41)35-23-12-9-20(23)28(43)37-39-15-13-24(39)29(44)33-17-5-4-6-17/h17-25H,4-16H2,1-3H3,(H,33,44)(H,34,42)(H,35,41)(H,36,45)(H,37,43)(H,38,46)/t18-,19-,20-,21-,22-,23-,24+,25+/m1/s1. The SMILES string of the molecule is CC(C)(C)OC(=O)NN1CC[C@H]1C(=O)N[C@@H]1CC[C@H]1C(=O)N[C@@H]1CC[C@H]1C(=O)N[C@@H]1CC[C@H]1C(=O)NN1CC[C@H]1C(=O)NC1CCC1. The summed E-state index contributed by atoms with van der Waals surface area (Å²) in [6.45, 7) is 6.45. The summed E-state index contributed by atoms with van der Waals surface area (Å²) in [5.41, 5.74) is 4.87. The lowest BCUT2D eigenvalue weighted by Gasteiger charge is -2.45. The molecule has 2 aliphatic heterocycles. The molecule has 6 N–H and O–H groups in total. The zero-order valence-electron chi connectivity index (χ0n) is 27.6. The number of carbonyl (C=O) groups excluding carboxylic acids is 6. The van der Waals surface area contributed by atoms with Gasteiger partial charge in [0.25, 0.3) is 0 Å². The van der Waals surface area contributed by atoms with E-state index in [0.717, 1.165) is 19.3 Å². The van der Waals surface area contributed by atoms with Gasteiger partial charge in [-0.3, -0.25) is 34.8 Å². The van der Waals surface area contributed by atoms with Crippen molar-refractivity contribution in [2.75, 3.05) is 13.1 Å². The van der Waals surface area contributed by atoms with E-state index in [0.29, 0.717) is 64.5 Å². The van der Waals surface area contributed by atoms with Gasteiger partial charge in [-0.1, -0.05) is 0 Å². The van der Waals surface area contributed by atoms with E-state index in [1.54, 1.807) is 30.8 Å². The average Bonchev–Trinajstić information content (AvgIpc) is 2.88. The first kappa shape index (κ1) is 33.4. The van der Waals surface area contributed by atoms with Crippen LogP contribution in [0.4, 0.5) is 4.79 Å². The van der Waals surface area contributed by atoms with Gasteiger partial charge in [-0.25, -0.2) is 14.8 Å². The van der Waals surface area contributed by atoms with Crippen molar-refractivity contribution in [3.63, 3.8) is 0 Å². The second-order valence-corrected chi connectivity index (χ2v) is 15.1. The number of hydrogen-bond donors (Lipinski definition) is 6. The van der Waals surface area contributed by atoms with Gasteiger partial charge in [-0.2, -0.15) is 0 Å². The van der Waals surface area contributed by atoms with Crippen molar-refractivity contribution in [3.8, 4) is 0 Å². The van der Waals surface area contributed by atoms with Crippen LogP contribution in [0.25, 0.3) is 0 Å². The maximum absolute atomic E-state index is 13.2. The fourth-order valence-corrected chi connectivity index (χ4v) is 6.90. The third-order valence-corrected chi connectivity index (χ3v) is 10.8. The average molecular weight is 659 g/mol. The molecule has 2 heterocycles. The monoisotopic (exact) mass is 658 g/mol. The summed E-state index contributed by atoms with van der Waals surface area (Å²) in [7, 11) is 0. The number of carbonyl (C=O) groups is 6. The van der Waals surface area contributed by atoms with Gasteiger partial charge in [0.15, 0.2) is 0 Å². The number of nitrogens with one attached hydrogen (secondary N) is 6. The fourth-order valence-electron chi connectivity index (χ4n) is 6.90. The zero-order valence-corrected chi connectivity index (χ0v) is 27.6. The lowest BCUT2D eigenvalue weighted by molar-refractivity contribution is -0.145. The molecule has 4 saturated carbocycles. The van der Waals surface area contributed by atoms with Crippen molar-refractivity contribution in [1.29, 1.82) is 0 Å². The van der Waals surface area contributed by atoms with Crippen LogP contribution >= 0.6 is 0 Å². The highest BCUT2D eigenvalue weighted by molar-refractivity contribution is 5.88. The summed E-state index contributed by atoms with van der Waals surface area (Å²) in [6.07, 6.45) is 7.87. The molecule has 8 atom stereocenters. The highest BCUT2D eigenvalue weighted by atomic mass is 16.6. The van der Waals surface area contributed by atoms with Gasteiger partial charge in [-0.05, 0) is 91.4 Å². The zero-order chi connectivity index (χ0) is 33.5. The normalized spacial score (nSPS) is 33.4. The number of hydrogen-bond acceptors (Lipinski definition) is 9. The molecular weight excluding hydrogens is 608 g/mol. The van der Waals surface area contributed by atoms with Gasteiger partial charge in [-0.15, -0.1) is 0 Å². The second-order valence-electron chi connectivity index (χ2n) is 15.1. The van der Waals surface area contributed by atoms with Gasteiger partial charge in [0.2, 0.25) is 29.5 Å². The van der Waals surface area contributed by atoms with Crippen LogP contribution in [0, 0.1) is 17.8 Å². The Morgan fingerprint density at radius 3 is 1.36 bits per heavy atom. The Morgan fingerprint density at radius 1 is 0.532 bits per heavy atom. The van der Waals surface area contributed by atoms with Crippen LogP contribution < -0.4 is 32.1 Å². The van der Waals surface area contributed by atoms with E-state index in [-0.39, 0.29) is 77.5 Å². The molecule has 0 bridgehead atoms. The molecule has 260 valence electrons. The summed E-state index contributed by atoms with van der Waals surface area (Å²) >= 11 is 0. The van der Waals surface area contributed by atoms with E-state index >= 15 is 0 Å². The third-order valence-electron chi connectivity index (χ3n) is 10.8. The van der Waals surface area contributed by atoms with E-state index < -0.39 is 17.7 Å². The van der Waals surface area contributed by atoms with Crippen molar-refractivity contribution >= 4 is 35.6 Å². The minimum Gasteiger partial charge on any atom is -0.443 e. The molecule has 6 fully saturated rings. The minimum atomic E-state index is -0.650. The highest BCUT2D eigenvalue weighted by Gasteiger charge is 2.47. The lowest BCUT2D eigenvalue weighted by atomic mass is 9.74. The van der Waals surface area contributed by atoms with E-state index in [4.69, 9.17) is 4.74 Å². The van der Waals surface area contributed by atoms with Crippen LogP contribution in [0.5, 0.6) is 0 Å². The first-order valence-electron chi connectivity index (χ1n) is 17.4. The Labute approximate surface area is 275 Å². The predicted octanol–water partition coefficient (Wildman–Crippen LogP) is -0.0410. The second kappa shape index (κ2) is 13.6. The number of nitrogens with zero attached hydrogens (tertiary/aromatic N) is 2. The number of hydrazine groups is 2.